The van der Waals surface area contributed by atoms with Crippen molar-refractivity contribution < 1.29 is 9.53 Å². The molecule has 1 aromatic carbocycles. The third-order valence-electron chi connectivity index (χ3n) is 5.62. The molecule has 21 heavy (non-hydrogen) atoms. The topological polar surface area (TPSA) is 26.3 Å². The van der Waals surface area contributed by atoms with Gasteiger partial charge in [0.05, 0.1) is 5.60 Å². The molecule has 0 aliphatic heterocycles. The van der Waals surface area contributed by atoms with Gasteiger partial charge in [-0.25, -0.2) is 0 Å². The van der Waals surface area contributed by atoms with Crippen molar-refractivity contribution >= 4 is 16.9 Å². The highest BCUT2D eigenvalue weighted by Crippen LogP contribution is 2.54. The predicted molar refractivity (Wildman–Crippen MR) is 87.5 cm³/mol. The van der Waals surface area contributed by atoms with Gasteiger partial charge in [-0.15, -0.1) is 0 Å². The van der Waals surface area contributed by atoms with Crippen LogP contribution < -0.4 is 0 Å². The number of fused-ring (bicyclic) bond motifs is 3. The van der Waals surface area contributed by atoms with Gasteiger partial charge in [0.1, 0.15) is 0 Å². The van der Waals surface area contributed by atoms with Gasteiger partial charge in [0.2, 0.25) is 0 Å². The number of ether oxygens (including phenoxy) is 1. The number of carbonyl (C=O) groups is 1. The second kappa shape index (κ2) is 5.77. The van der Waals surface area contributed by atoms with E-state index in [9.17, 15) is 4.79 Å². The summed E-state index contributed by atoms with van der Waals surface area (Å²) in [5.41, 5.74) is 3.29. The van der Waals surface area contributed by atoms with Crippen molar-refractivity contribution in [2.45, 2.75) is 62.2 Å². The van der Waals surface area contributed by atoms with Crippen LogP contribution in [0.3, 0.4) is 0 Å². The molecule has 3 aliphatic carbocycles. The lowest BCUT2D eigenvalue weighted by atomic mass is 9.56. The molecule has 0 atom stereocenters. The number of benzene rings is 1. The molecule has 3 aliphatic rings. The van der Waals surface area contributed by atoms with E-state index in [-0.39, 0.29) is 10.7 Å². The zero-order valence-electron chi connectivity index (χ0n) is 13.0. The summed E-state index contributed by atoms with van der Waals surface area (Å²) < 4.78 is 5.79. The Bertz CT molecular complexity index is 496. The summed E-state index contributed by atoms with van der Waals surface area (Å²) in [5, 5.41) is 0.188. The Labute approximate surface area is 131 Å². The number of methoxy groups -OCH3 is 1. The second-order valence-corrected chi connectivity index (χ2v) is 7.80. The Morgan fingerprint density at radius 1 is 1.10 bits per heavy atom. The van der Waals surface area contributed by atoms with Crippen LogP contribution in [0.5, 0.6) is 0 Å². The highest BCUT2D eigenvalue weighted by Gasteiger charge is 2.49. The summed E-state index contributed by atoms with van der Waals surface area (Å²) in [4.78, 5) is 11.0. The molecular formula is C18H24O2S. The molecule has 0 aromatic heterocycles. The van der Waals surface area contributed by atoms with E-state index in [1.807, 2.05) is 7.11 Å². The van der Waals surface area contributed by atoms with Crippen molar-refractivity contribution in [1.82, 2.24) is 0 Å². The van der Waals surface area contributed by atoms with Crippen molar-refractivity contribution in [3.05, 3.63) is 35.4 Å². The first kappa shape index (κ1) is 15.1. The lowest BCUT2D eigenvalue weighted by molar-refractivity contribution is -0.109. The molecule has 114 valence electrons. The molecule has 0 spiro atoms. The van der Waals surface area contributed by atoms with Crippen molar-refractivity contribution in [2.75, 3.05) is 7.11 Å². The predicted octanol–water partition coefficient (Wildman–Crippen LogP) is 4.46. The molecule has 3 heteroatoms. The standard InChI is InChI=1S/C18H24O2S/c1-14(19)21-13-15-3-5-16(6-4-15)17-7-10-18(20-2,11-8-17)12-9-17/h3-6H,7-13H2,1-2H3. The van der Waals surface area contributed by atoms with Gasteiger partial charge in [-0.1, -0.05) is 36.0 Å². The lowest BCUT2D eigenvalue weighted by Gasteiger charge is -2.53. The maximum atomic E-state index is 11.0. The van der Waals surface area contributed by atoms with Crippen molar-refractivity contribution in [2.24, 2.45) is 0 Å². The average molecular weight is 304 g/mol. The molecule has 0 amide bonds. The Balaban J connectivity index is 1.71. The monoisotopic (exact) mass is 304 g/mol. The zero-order valence-corrected chi connectivity index (χ0v) is 13.8. The van der Waals surface area contributed by atoms with Crippen LogP contribution in [0.25, 0.3) is 0 Å². The molecule has 0 unspecified atom stereocenters. The summed E-state index contributed by atoms with van der Waals surface area (Å²) in [6.45, 7) is 1.63. The van der Waals surface area contributed by atoms with Crippen molar-refractivity contribution in [3.63, 3.8) is 0 Å². The van der Waals surface area contributed by atoms with Gasteiger partial charge in [-0.3, -0.25) is 4.79 Å². The number of hydrogen-bond donors (Lipinski definition) is 0. The van der Waals surface area contributed by atoms with Crippen molar-refractivity contribution in [1.29, 1.82) is 0 Å². The fourth-order valence-corrected chi connectivity index (χ4v) is 4.59. The Morgan fingerprint density at radius 3 is 2.14 bits per heavy atom. The minimum absolute atomic E-state index is 0.180. The van der Waals surface area contributed by atoms with Crippen LogP contribution in [0.15, 0.2) is 24.3 Å². The van der Waals surface area contributed by atoms with E-state index >= 15 is 0 Å². The van der Waals surface area contributed by atoms with Crippen LogP contribution in [0.1, 0.15) is 56.6 Å². The Kier molecular flexibility index (Phi) is 4.15. The summed E-state index contributed by atoms with van der Waals surface area (Å²) in [7, 11) is 1.87. The molecule has 2 nitrogen and oxygen atoms in total. The van der Waals surface area contributed by atoms with Gasteiger partial charge < -0.3 is 4.74 Å². The molecule has 0 saturated heterocycles. The van der Waals surface area contributed by atoms with Gasteiger partial charge in [-0.2, -0.15) is 0 Å². The summed E-state index contributed by atoms with van der Waals surface area (Å²) in [5.74, 6) is 0.787. The van der Waals surface area contributed by atoms with E-state index in [1.165, 1.54) is 61.4 Å². The third kappa shape index (κ3) is 2.91. The number of thioether (sulfide) groups is 1. The molecule has 0 heterocycles. The number of rotatable bonds is 4. The van der Waals surface area contributed by atoms with Crippen LogP contribution in [0.4, 0.5) is 0 Å². The first-order valence-corrected chi connectivity index (χ1v) is 8.84. The van der Waals surface area contributed by atoms with Crippen LogP contribution in [-0.2, 0) is 20.7 Å². The molecule has 1 aromatic rings. The maximum absolute atomic E-state index is 11.0. The first-order valence-electron chi connectivity index (χ1n) is 7.86. The van der Waals surface area contributed by atoms with Gasteiger partial charge >= 0.3 is 0 Å². The minimum Gasteiger partial charge on any atom is -0.378 e. The second-order valence-electron chi connectivity index (χ2n) is 6.64. The average Bonchev–Trinajstić information content (AvgIpc) is 2.55. The molecule has 3 fully saturated rings. The number of carbonyl (C=O) groups excluding carboxylic acids is 1. The van der Waals surface area contributed by atoms with Crippen LogP contribution in [-0.4, -0.2) is 17.8 Å². The van der Waals surface area contributed by atoms with Crippen LogP contribution >= 0.6 is 11.8 Å². The minimum atomic E-state index is 0.180. The van der Waals surface area contributed by atoms with Gasteiger partial charge in [0, 0.05) is 19.8 Å². The number of hydrogen-bond acceptors (Lipinski definition) is 3. The zero-order chi connectivity index (χ0) is 14.9. The van der Waals surface area contributed by atoms with E-state index in [1.54, 1.807) is 6.92 Å². The fourth-order valence-electron chi connectivity index (χ4n) is 4.03. The summed E-state index contributed by atoms with van der Waals surface area (Å²) in [6.07, 6.45) is 7.36. The van der Waals surface area contributed by atoms with E-state index in [0.717, 1.165) is 5.75 Å². The highest BCUT2D eigenvalue weighted by atomic mass is 32.2. The third-order valence-corrected chi connectivity index (χ3v) is 6.50. The highest BCUT2D eigenvalue weighted by molar-refractivity contribution is 8.12. The van der Waals surface area contributed by atoms with Crippen molar-refractivity contribution in [3.8, 4) is 0 Å². The SMILES string of the molecule is COC12CCC(c3ccc(CSC(C)=O)cc3)(CC1)CC2. The summed E-state index contributed by atoms with van der Waals surface area (Å²) in [6, 6.07) is 8.99. The van der Waals surface area contributed by atoms with E-state index in [0.29, 0.717) is 5.41 Å². The first-order chi connectivity index (χ1) is 10.1. The normalized spacial score (nSPS) is 31.3. The smallest absolute Gasteiger partial charge is 0.186 e. The van der Waals surface area contributed by atoms with Gasteiger partial charge in [0.15, 0.2) is 5.12 Å². The van der Waals surface area contributed by atoms with Gasteiger partial charge in [-0.05, 0) is 55.1 Å². The Hall–Kier alpha value is -0.800. The van der Waals surface area contributed by atoms with E-state index in [4.69, 9.17) is 4.74 Å². The van der Waals surface area contributed by atoms with E-state index in [2.05, 4.69) is 24.3 Å². The van der Waals surface area contributed by atoms with Gasteiger partial charge in [0.25, 0.3) is 0 Å². The molecule has 2 bridgehead atoms. The molecule has 0 N–H and O–H groups in total. The fraction of sp³-hybridized carbons (Fsp3) is 0.611. The van der Waals surface area contributed by atoms with E-state index < -0.39 is 0 Å². The maximum Gasteiger partial charge on any atom is 0.186 e. The summed E-state index contributed by atoms with van der Waals surface area (Å²) >= 11 is 1.39. The largest absolute Gasteiger partial charge is 0.378 e. The molecule has 3 saturated carbocycles. The quantitative estimate of drug-likeness (QED) is 0.821. The molecule has 0 radical (unpaired) electrons. The molecular weight excluding hydrogens is 280 g/mol. The van der Waals surface area contributed by atoms with Crippen LogP contribution in [0, 0.1) is 0 Å². The Morgan fingerprint density at radius 2 is 1.67 bits per heavy atom. The molecule has 4 rings (SSSR count). The lowest BCUT2D eigenvalue weighted by Crippen LogP contribution is -2.49. The van der Waals surface area contributed by atoms with Crippen LogP contribution in [0.2, 0.25) is 0 Å².